The van der Waals surface area contributed by atoms with Crippen LogP contribution in [0.1, 0.15) is 36.0 Å². The molecule has 3 aromatic rings. The van der Waals surface area contributed by atoms with Crippen LogP contribution in [0.15, 0.2) is 72.7 Å². The third kappa shape index (κ3) is 6.49. The standard InChI is InChI=1S/C25H28N4O5S/c1-3-11-32-25(31)28-20-6-4-5-19(12-20)23-33-21(14-35-24-26-15-27-29-24)16(2)22(34-23)18-9-7-17(13-30)8-10-18/h3-10,12,15-16,21-23,30H,1,11,13-14H2,2H3,(H,28,31)(H,26,27,29)/t16-,21+,22+,23+/m1/s1. The van der Waals surface area contributed by atoms with Crippen LogP contribution in [0, 0.1) is 5.92 Å². The maximum Gasteiger partial charge on any atom is 0.411 e. The van der Waals surface area contributed by atoms with E-state index in [9.17, 15) is 9.90 Å². The molecule has 9 nitrogen and oxygen atoms in total. The van der Waals surface area contributed by atoms with E-state index in [0.29, 0.717) is 11.4 Å². The van der Waals surface area contributed by atoms with E-state index in [1.54, 1.807) is 6.07 Å². The third-order valence-electron chi connectivity index (χ3n) is 5.64. The number of aliphatic hydroxyl groups excluding tert-OH is 1. The van der Waals surface area contributed by atoms with Gasteiger partial charge >= 0.3 is 6.09 Å². The van der Waals surface area contributed by atoms with Gasteiger partial charge in [0.25, 0.3) is 0 Å². The number of rotatable bonds is 9. The Morgan fingerprint density at radius 1 is 1.26 bits per heavy atom. The second-order valence-electron chi connectivity index (χ2n) is 8.06. The lowest BCUT2D eigenvalue weighted by Crippen LogP contribution is -2.38. The summed E-state index contributed by atoms with van der Waals surface area (Å²) in [7, 11) is 0. The Hall–Kier alpha value is -3.18. The van der Waals surface area contributed by atoms with Crippen molar-refractivity contribution in [1.29, 1.82) is 0 Å². The van der Waals surface area contributed by atoms with Crippen LogP contribution in [0.5, 0.6) is 0 Å². The van der Waals surface area contributed by atoms with Crippen molar-refractivity contribution in [2.75, 3.05) is 17.7 Å². The van der Waals surface area contributed by atoms with Crippen molar-refractivity contribution in [1.82, 2.24) is 15.2 Å². The molecule has 10 heteroatoms. The van der Waals surface area contributed by atoms with Crippen LogP contribution >= 0.6 is 11.8 Å². The Morgan fingerprint density at radius 2 is 2.09 bits per heavy atom. The number of benzene rings is 2. The third-order valence-corrected chi connectivity index (χ3v) is 6.60. The smallest absolute Gasteiger partial charge is 0.411 e. The molecule has 1 aliphatic rings. The summed E-state index contributed by atoms with van der Waals surface area (Å²) in [6.07, 6.45) is 1.37. The number of nitrogens with zero attached hydrogens (tertiary/aromatic N) is 2. The van der Waals surface area contributed by atoms with Gasteiger partial charge in [-0.2, -0.15) is 5.10 Å². The number of aromatic nitrogens is 3. The van der Waals surface area contributed by atoms with Gasteiger partial charge in [0.05, 0.1) is 18.8 Å². The summed E-state index contributed by atoms with van der Waals surface area (Å²) in [5.74, 6) is 0.685. The van der Waals surface area contributed by atoms with Crippen molar-refractivity contribution in [3.8, 4) is 0 Å². The molecule has 0 bridgehead atoms. The van der Waals surface area contributed by atoms with Crippen LogP contribution in [-0.4, -0.2) is 44.8 Å². The number of H-pyrrole nitrogens is 1. The fraction of sp³-hybridized carbons (Fsp3) is 0.320. The summed E-state index contributed by atoms with van der Waals surface area (Å²) in [6, 6.07) is 15.0. The van der Waals surface area contributed by atoms with E-state index in [2.05, 4.69) is 34.0 Å². The summed E-state index contributed by atoms with van der Waals surface area (Å²) >= 11 is 1.53. The summed E-state index contributed by atoms with van der Waals surface area (Å²) in [4.78, 5) is 16.2. The monoisotopic (exact) mass is 496 g/mol. The van der Waals surface area contributed by atoms with Crippen LogP contribution in [0.2, 0.25) is 0 Å². The second kappa shape index (κ2) is 12.0. The number of thioether (sulfide) groups is 1. The number of hydrogen-bond donors (Lipinski definition) is 3. The van der Waals surface area contributed by atoms with Gasteiger partial charge in [0.15, 0.2) is 11.4 Å². The number of ether oxygens (including phenoxy) is 3. The largest absolute Gasteiger partial charge is 0.445 e. The Balaban J connectivity index is 1.55. The molecule has 0 saturated carbocycles. The zero-order valence-corrected chi connectivity index (χ0v) is 20.1. The minimum Gasteiger partial charge on any atom is -0.445 e. The first kappa shape index (κ1) is 24.9. The van der Waals surface area contributed by atoms with E-state index in [0.717, 1.165) is 21.8 Å². The first-order valence-corrected chi connectivity index (χ1v) is 12.2. The zero-order chi connectivity index (χ0) is 24.6. The summed E-state index contributed by atoms with van der Waals surface area (Å²) < 4.78 is 17.9. The predicted molar refractivity (Wildman–Crippen MR) is 132 cm³/mol. The molecule has 35 heavy (non-hydrogen) atoms. The fourth-order valence-corrected chi connectivity index (χ4v) is 4.73. The highest BCUT2D eigenvalue weighted by Crippen LogP contribution is 2.43. The topological polar surface area (TPSA) is 119 Å². The zero-order valence-electron chi connectivity index (χ0n) is 19.3. The average molecular weight is 497 g/mol. The Morgan fingerprint density at radius 3 is 2.80 bits per heavy atom. The second-order valence-corrected chi connectivity index (χ2v) is 9.07. The molecular weight excluding hydrogens is 468 g/mol. The molecule has 2 aromatic carbocycles. The van der Waals surface area contributed by atoms with Crippen LogP contribution in [-0.2, 0) is 20.8 Å². The van der Waals surface area contributed by atoms with Gasteiger partial charge in [-0.15, -0.1) is 0 Å². The maximum absolute atomic E-state index is 12.0. The summed E-state index contributed by atoms with van der Waals surface area (Å²) in [5.41, 5.74) is 3.17. The molecule has 1 fully saturated rings. The quantitative estimate of drug-likeness (QED) is 0.290. The van der Waals surface area contributed by atoms with Crippen molar-refractivity contribution in [3.05, 3.63) is 84.2 Å². The fourth-order valence-electron chi connectivity index (χ4n) is 3.79. The molecule has 0 unspecified atom stereocenters. The molecule has 2 heterocycles. The van der Waals surface area contributed by atoms with E-state index < -0.39 is 12.4 Å². The molecular formula is C25H28N4O5S. The lowest BCUT2D eigenvalue weighted by molar-refractivity contribution is -0.268. The van der Waals surface area contributed by atoms with Crippen molar-refractivity contribution < 1.29 is 24.1 Å². The molecule has 3 N–H and O–H groups in total. The van der Waals surface area contributed by atoms with E-state index in [-0.39, 0.29) is 31.3 Å². The highest BCUT2D eigenvalue weighted by molar-refractivity contribution is 7.99. The van der Waals surface area contributed by atoms with Crippen LogP contribution in [0.3, 0.4) is 0 Å². The lowest BCUT2D eigenvalue weighted by Gasteiger charge is -2.41. The van der Waals surface area contributed by atoms with Crippen LogP contribution in [0.4, 0.5) is 10.5 Å². The minimum absolute atomic E-state index is 0.0153. The number of carbonyl (C=O) groups excluding carboxylic acids is 1. The number of carbonyl (C=O) groups is 1. The molecule has 1 saturated heterocycles. The molecule has 1 aromatic heterocycles. The Bertz CT molecular complexity index is 1110. The van der Waals surface area contributed by atoms with Crippen molar-refractivity contribution >= 4 is 23.5 Å². The van der Waals surface area contributed by atoms with E-state index in [4.69, 9.17) is 14.2 Å². The van der Waals surface area contributed by atoms with E-state index >= 15 is 0 Å². The van der Waals surface area contributed by atoms with Gasteiger partial charge in [0.1, 0.15) is 12.9 Å². The first-order valence-electron chi connectivity index (χ1n) is 11.2. The molecule has 0 radical (unpaired) electrons. The summed E-state index contributed by atoms with van der Waals surface area (Å²) in [6.45, 7) is 5.75. The molecule has 1 amide bonds. The first-order chi connectivity index (χ1) is 17.1. The number of nitrogens with one attached hydrogen (secondary N) is 2. The van der Waals surface area contributed by atoms with Gasteiger partial charge in [0, 0.05) is 22.9 Å². The minimum atomic E-state index is -0.653. The van der Waals surface area contributed by atoms with Crippen LogP contribution < -0.4 is 5.32 Å². The van der Waals surface area contributed by atoms with E-state index in [1.807, 2.05) is 42.5 Å². The van der Waals surface area contributed by atoms with Gasteiger partial charge in [0.2, 0.25) is 0 Å². The van der Waals surface area contributed by atoms with Crippen LogP contribution in [0.25, 0.3) is 0 Å². The van der Waals surface area contributed by atoms with Gasteiger partial charge in [-0.25, -0.2) is 9.78 Å². The van der Waals surface area contributed by atoms with Crippen molar-refractivity contribution in [2.24, 2.45) is 5.92 Å². The molecule has 1 aliphatic heterocycles. The van der Waals surface area contributed by atoms with Gasteiger partial charge in [-0.05, 0) is 23.3 Å². The van der Waals surface area contributed by atoms with E-state index in [1.165, 1.54) is 24.2 Å². The number of amides is 1. The van der Waals surface area contributed by atoms with Crippen molar-refractivity contribution in [2.45, 2.75) is 37.2 Å². The van der Waals surface area contributed by atoms with Gasteiger partial charge in [-0.3, -0.25) is 10.4 Å². The van der Waals surface area contributed by atoms with Gasteiger partial charge in [-0.1, -0.05) is 67.7 Å². The van der Waals surface area contributed by atoms with Gasteiger partial charge < -0.3 is 19.3 Å². The molecule has 4 atom stereocenters. The summed E-state index contributed by atoms with van der Waals surface area (Å²) in [5, 5.41) is 19.6. The predicted octanol–water partition coefficient (Wildman–Crippen LogP) is 4.62. The number of aliphatic hydroxyl groups is 1. The lowest BCUT2D eigenvalue weighted by atomic mass is 9.91. The Kier molecular flexibility index (Phi) is 8.54. The molecule has 0 spiro atoms. The SMILES string of the molecule is C=CCOC(=O)Nc1cccc([C@H]2O[C@@H](CSc3ncn[nH]3)[C@@H](C)[C@@H](c3ccc(CO)cc3)O2)c1. The highest BCUT2D eigenvalue weighted by Gasteiger charge is 2.38. The number of anilines is 1. The molecule has 4 rings (SSSR count). The maximum atomic E-state index is 12.0. The molecule has 0 aliphatic carbocycles. The number of aromatic amines is 1. The molecule has 184 valence electrons. The average Bonchev–Trinajstić information content (AvgIpc) is 3.41. The van der Waals surface area contributed by atoms with Crippen molar-refractivity contribution in [3.63, 3.8) is 0 Å². The Labute approximate surface area is 207 Å². The number of hydrogen-bond acceptors (Lipinski definition) is 8. The normalized spacial score (nSPS) is 21.9. The highest BCUT2D eigenvalue weighted by atomic mass is 32.2.